The topological polar surface area (TPSA) is 27.7 Å². The van der Waals surface area contributed by atoms with Crippen molar-refractivity contribution in [2.45, 2.75) is 59.2 Å². The second kappa shape index (κ2) is 5.03. The molecule has 2 rings (SSSR count). The van der Waals surface area contributed by atoms with Crippen molar-refractivity contribution in [3.8, 4) is 0 Å². The molecule has 2 fully saturated rings. The van der Waals surface area contributed by atoms with Gasteiger partial charge in [-0.15, -0.1) is 0 Å². The van der Waals surface area contributed by atoms with Crippen LogP contribution in [0.4, 0.5) is 0 Å². The van der Waals surface area contributed by atoms with Crippen LogP contribution in [0.3, 0.4) is 0 Å². The molecule has 2 heterocycles. The summed E-state index contributed by atoms with van der Waals surface area (Å²) in [6.07, 6.45) is 2.43. The van der Waals surface area contributed by atoms with Crippen LogP contribution in [0.25, 0.3) is 0 Å². The van der Waals surface area contributed by atoms with Crippen molar-refractivity contribution in [3.05, 3.63) is 0 Å². The van der Waals surface area contributed by atoms with E-state index in [9.17, 15) is 0 Å². The van der Waals surface area contributed by atoms with E-state index in [-0.39, 0.29) is 18.7 Å². The highest BCUT2D eigenvalue weighted by molar-refractivity contribution is 4.83. The molecule has 16 heavy (non-hydrogen) atoms. The summed E-state index contributed by atoms with van der Waals surface area (Å²) >= 11 is 0. The summed E-state index contributed by atoms with van der Waals surface area (Å²) in [6.45, 7) is 9.53. The lowest BCUT2D eigenvalue weighted by Gasteiger charge is -2.46. The molecule has 2 aliphatic heterocycles. The lowest BCUT2D eigenvalue weighted by Crippen LogP contribution is -2.52. The third kappa shape index (κ3) is 2.41. The van der Waals surface area contributed by atoms with Crippen LogP contribution in [-0.4, -0.2) is 25.3 Å². The predicted molar refractivity (Wildman–Crippen MR) is 61.9 cm³/mol. The third-order valence-electron chi connectivity index (χ3n) is 3.50. The second-order valence-electron chi connectivity index (χ2n) is 5.64. The van der Waals surface area contributed by atoms with Gasteiger partial charge in [0.2, 0.25) is 0 Å². The van der Waals surface area contributed by atoms with Gasteiger partial charge in [-0.1, -0.05) is 27.7 Å². The van der Waals surface area contributed by atoms with E-state index >= 15 is 0 Å². The SMILES string of the molecule is CC(C)C1OC2OCCCC2C(C(C)C)O1. The summed E-state index contributed by atoms with van der Waals surface area (Å²) < 4.78 is 17.7. The van der Waals surface area contributed by atoms with Gasteiger partial charge in [-0.25, -0.2) is 0 Å². The Kier molecular flexibility index (Phi) is 3.88. The van der Waals surface area contributed by atoms with Gasteiger partial charge >= 0.3 is 0 Å². The largest absolute Gasteiger partial charge is 0.352 e. The van der Waals surface area contributed by atoms with Crippen LogP contribution in [0.5, 0.6) is 0 Å². The molecule has 2 aliphatic rings. The van der Waals surface area contributed by atoms with Crippen molar-refractivity contribution in [3.63, 3.8) is 0 Å². The van der Waals surface area contributed by atoms with Gasteiger partial charge in [0, 0.05) is 18.4 Å². The minimum absolute atomic E-state index is 0.0395. The normalized spacial score (nSPS) is 40.1. The first-order chi connectivity index (χ1) is 7.59. The summed E-state index contributed by atoms with van der Waals surface area (Å²) in [6, 6.07) is 0. The van der Waals surface area contributed by atoms with Crippen LogP contribution < -0.4 is 0 Å². The van der Waals surface area contributed by atoms with E-state index in [4.69, 9.17) is 14.2 Å². The molecule has 4 unspecified atom stereocenters. The van der Waals surface area contributed by atoms with Gasteiger partial charge in [0.1, 0.15) is 0 Å². The molecule has 0 amide bonds. The van der Waals surface area contributed by atoms with Crippen LogP contribution in [0.15, 0.2) is 0 Å². The summed E-state index contributed by atoms with van der Waals surface area (Å²) in [5, 5.41) is 0. The molecule has 0 spiro atoms. The van der Waals surface area contributed by atoms with Gasteiger partial charge in [0.15, 0.2) is 12.6 Å². The molecule has 0 saturated carbocycles. The maximum atomic E-state index is 6.08. The fraction of sp³-hybridized carbons (Fsp3) is 1.00. The fourth-order valence-corrected chi connectivity index (χ4v) is 2.62. The molecule has 0 aromatic heterocycles. The lowest BCUT2D eigenvalue weighted by atomic mass is 9.86. The predicted octanol–water partition coefficient (Wildman–Crippen LogP) is 2.79. The number of rotatable bonds is 2. The Morgan fingerprint density at radius 1 is 1.00 bits per heavy atom. The average Bonchev–Trinajstić information content (AvgIpc) is 2.27. The van der Waals surface area contributed by atoms with Crippen LogP contribution in [0.2, 0.25) is 0 Å². The van der Waals surface area contributed by atoms with Crippen molar-refractivity contribution in [2.75, 3.05) is 6.61 Å². The first-order valence-electron chi connectivity index (χ1n) is 6.52. The molecule has 4 atom stereocenters. The van der Waals surface area contributed by atoms with Gasteiger partial charge in [-0.05, 0) is 18.8 Å². The molecule has 0 aliphatic carbocycles. The highest BCUT2D eigenvalue weighted by Gasteiger charge is 2.43. The van der Waals surface area contributed by atoms with Crippen molar-refractivity contribution in [1.29, 1.82) is 0 Å². The Bertz CT molecular complexity index is 227. The molecule has 0 radical (unpaired) electrons. The maximum Gasteiger partial charge on any atom is 0.166 e. The molecule has 3 heteroatoms. The van der Waals surface area contributed by atoms with E-state index < -0.39 is 0 Å². The van der Waals surface area contributed by atoms with Gasteiger partial charge in [-0.2, -0.15) is 0 Å². The molecule has 0 N–H and O–H groups in total. The molecule has 2 saturated heterocycles. The highest BCUT2D eigenvalue weighted by Crippen LogP contribution is 2.37. The Hall–Kier alpha value is -0.120. The van der Waals surface area contributed by atoms with E-state index in [1.807, 2.05) is 0 Å². The minimum Gasteiger partial charge on any atom is -0.352 e. The zero-order valence-corrected chi connectivity index (χ0v) is 10.8. The molecular weight excluding hydrogens is 204 g/mol. The third-order valence-corrected chi connectivity index (χ3v) is 3.50. The van der Waals surface area contributed by atoms with Crippen molar-refractivity contribution >= 4 is 0 Å². The van der Waals surface area contributed by atoms with E-state index in [2.05, 4.69) is 27.7 Å². The molecule has 0 bridgehead atoms. The van der Waals surface area contributed by atoms with Crippen LogP contribution in [0.1, 0.15) is 40.5 Å². The summed E-state index contributed by atoms with van der Waals surface area (Å²) in [7, 11) is 0. The molecule has 94 valence electrons. The zero-order chi connectivity index (χ0) is 11.7. The zero-order valence-electron chi connectivity index (χ0n) is 10.8. The Morgan fingerprint density at radius 3 is 2.38 bits per heavy atom. The Morgan fingerprint density at radius 2 is 1.75 bits per heavy atom. The van der Waals surface area contributed by atoms with Gasteiger partial charge in [0.25, 0.3) is 0 Å². The van der Waals surface area contributed by atoms with Crippen molar-refractivity contribution in [1.82, 2.24) is 0 Å². The van der Waals surface area contributed by atoms with Crippen molar-refractivity contribution in [2.24, 2.45) is 17.8 Å². The number of hydrogen-bond acceptors (Lipinski definition) is 3. The van der Waals surface area contributed by atoms with Crippen molar-refractivity contribution < 1.29 is 14.2 Å². The van der Waals surface area contributed by atoms with Crippen LogP contribution in [0, 0.1) is 17.8 Å². The lowest BCUT2D eigenvalue weighted by molar-refractivity contribution is -0.358. The first-order valence-corrected chi connectivity index (χ1v) is 6.52. The van der Waals surface area contributed by atoms with Gasteiger partial charge in [0.05, 0.1) is 6.10 Å². The van der Waals surface area contributed by atoms with E-state index in [1.165, 1.54) is 6.42 Å². The maximum absolute atomic E-state index is 6.08. The number of fused-ring (bicyclic) bond motifs is 1. The number of hydrogen-bond donors (Lipinski definition) is 0. The average molecular weight is 228 g/mol. The van der Waals surface area contributed by atoms with Crippen LogP contribution >= 0.6 is 0 Å². The molecular formula is C13H24O3. The molecule has 3 nitrogen and oxygen atoms in total. The molecule has 0 aromatic rings. The molecule has 0 aromatic carbocycles. The van der Waals surface area contributed by atoms with E-state index in [1.54, 1.807) is 0 Å². The van der Waals surface area contributed by atoms with E-state index in [0.717, 1.165) is 13.0 Å². The standard InChI is InChI=1S/C13H24O3/c1-8(2)11-10-6-5-7-14-13(10)16-12(15-11)9(3)4/h8-13H,5-7H2,1-4H3. The fourth-order valence-electron chi connectivity index (χ4n) is 2.62. The summed E-state index contributed by atoms with van der Waals surface area (Å²) in [5.74, 6) is 1.33. The van der Waals surface area contributed by atoms with Gasteiger partial charge in [-0.3, -0.25) is 0 Å². The Labute approximate surface area is 98.4 Å². The second-order valence-corrected chi connectivity index (χ2v) is 5.64. The monoisotopic (exact) mass is 228 g/mol. The Balaban J connectivity index is 2.09. The minimum atomic E-state index is -0.105. The first kappa shape index (κ1) is 12.3. The number of ether oxygens (including phenoxy) is 3. The highest BCUT2D eigenvalue weighted by atomic mass is 16.8. The summed E-state index contributed by atoms with van der Waals surface area (Å²) in [4.78, 5) is 0. The van der Waals surface area contributed by atoms with Gasteiger partial charge < -0.3 is 14.2 Å². The summed E-state index contributed by atoms with van der Waals surface area (Å²) in [5.41, 5.74) is 0. The quantitative estimate of drug-likeness (QED) is 0.727. The smallest absolute Gasteiger partial charge is 0.166 e. The van der Waals surface area contributed by atoms with Crippen LogP contribution in [-0.2, 0) is 14.2 Å². The van der Waals surface area contributed by atoms with E-state index in [0.29, 0.717) is 17.8 Å².